The van der Waals surface area contributed by atoms with Gasteiger partial charge in [-0.2, -0.15) is 0 Å². The van der Waals surface area contributed by atoms with Gasteiger partial charge in [0.25, 0.3) is 0 Å². The second-order valence-corrected chi connectivity index (χ2v) is 11.0. The van der Waals surface area contributed by atoms with Gasteiger partial charge in [0.05, 0.1) is 10.2 Å². The van der Waals surface area contributed by atoms with Crippen LogP contribution >= 0.6 is 33.1 Å². The van der Waals surface area contributed by atoms with E-state index in [1.807, 2.05) is 33.1 Å². The fraction of sp³-hybridized carbons (Fsp3) is 0.696. The Morgan fingerprint density at radius 2 is 1.36 bits per heavy atom. The standard InChI is InChI=1S/C23H38N2S3/c1-3-5-7-9-11-15-19-25(20-16-12-10-8-6-4-2)28-27-23-24-21-17-13-14-18-22(21)26-23/h13-14,17-18H,3-12,15-16,19-20H2,1-2H3. The van der Waals surface area contributed by atoms with Crippen LogP contribution in [0.1, 0.15) is 90.9 Å². The van der Waals surface area contributed by atoms with Gasteiger partial charge in [-0.1, -0.05) is 90.2 Å². The average molecular weight is 439 g/mol. The van der Waals surface area contributed by atoms with Crippen LogP contribution in [0, 0.1) is 0 Å². The molecule has 0 aliphatic heterocycles. The number of thiazole rings is 1. The van der Waals surface area contributed by atoms with Crippen molar-refractivity contribution in [2.24, 2.45) is 0 Å². The quantitative estimate of drug-likeness (QED) is 0.139. The largest absolute Gasteiger partial charge is 0.241 e. The molecule has 0 saturated carbocycles. The number of nitrogens with zero attached hydrogens (tertiary/aromatic N) is 2. The van der Waals surface area contributed by atoms with Crippen molar-refractivity contribution in [3.05, 3.63) is 24.3 Å². The van der Waals surface area contributed by atoms with E-state index in [1.165, 1.54) is 99.2 Å². The molecule has 0 amide bonds. The summed E-state index contributed by atoms with van der Waals surface area (Å²) in [6.45, 7) is 7.00. The first-order valence-corrected chi connectivity index (χ1v) is 14.2. The van der Waals surface area contributed by atoms with Crippen molar-refractivity contribution in [2.75, 3.05) is 13.1 Å². The number of unbranched alkanes of at least 4 members (excludes halogenated alkanes) is 10. The molecule has 158 valence electrons. The molecular weight excluding hydrogens is 400 g/mol. The van der Waals surface area contributed by atoms with E-state index in [4.69, 9.17) is 4.98 Å². The third-order valence-corrected chi connectivity index (χ3v) is 8.87. The number of benzene rings is 1. The molecule has 0 aliphatic rings. The van der Waals surface area contributed by atoms with Crippen molar-refractivity contribution in [3.63, 3.8) is 0 Å². The lowest BCUT2D eigenvalue weighted by Gasteiger charge is -2.19. The predicted octanol–water partition coefficient (Wildman–Crippen LogP) is 8.97. The molecule has 2 nitrogen and oxygen atoms in total. The smallest absolute Gasteiger partial charge is 0.162 e. The lowest BCUT2D eigenvalue weighted by atomic mass is 10.1. The molecular formula is C23H38N2S3. The fourth-order valence-corrected chi connectivity index (χ4v) is 6.76. The summed E-state index contributed by atoms with van der Waals surface area (Å²) >= 11 is 1.82. The molecule has 0 unspecified atom stereocenters. The number of fused-ring (bicyclic) bond motifs is 1. The van der Waals surface area contributed by atoms with Crippen LogP contribution in [0.2, 0.25) is 0 Å². The zero-order valence-corrected chi connectivity index (χ0v) is 20.3. The van der Waals surface area contributed by atoms with E-state index in [1.54, 1.807) is 0 Å². The predicted molar refractivity (Wildman–Crippen MR) is 131 cm³/mol. The van der Waals surface area contributed by atoms with Crippen LogP contribution in [0.25, 0.3) is 10.2 Å². The van der Waals surface area contributed by atoms with E-state index >= 15 is 0 Å². The Morgan fingerprint density at radius 3 is 1.96 bits per heavy atom. The highest BCUT2D eigenvalue weighted by molar-refractivity contribution is 8.76. The molecule has 0 saturated heterocycles. The third kappa shape index (κ3) is 10.00. The average Bonchev–Trinajstić information content (AvgIpc) is 3.13. The lowest BCUT2D eigenvalue weighted by molar-refractivity contribution is 0.427. The van der Waals surface area contributed by atoms with Crippen molar-refractivity contribution in [1.29, 1.82) is 0 Å². The first kappa shape index (κ1) is 24.0. The summed E-state index contributed by atoms with van der Waals surface area (Å²) in [5.41, 5.74) is 1.13. The summed E-state index contributed by atoms with van der Waals surface area (Å²) in [5, 5.41) is 0. The summed E-state index contributed by atoms with van der Waals surface area (Å²) in [5.74, 6) is 0. The summed E-state index contributed by atoms with van der Waals surface area (Å²) in [6.07, 6.45) is 16.5. The molecule has 28 heavy (non-hydrogen) atoms. The Labute approximate surface area is 184 Å². The zero-order chi connectivity index (χ0) is 19.9. The second kappa shape index (κ2) is 15.6. The Hall–Kier alpha value is -0.230. The van der Waals surface area contributed by atoms with E-state index in [-0.39, 0.29) is 0 Å². The van der Waals surface area contributed by atoms with Crippen molar-refractivity contribution >= 4 is 43.3 Å². The van der Waals surface area contributed by atoms with E-state index < -0.39 is 0 Å². The SMILES string of the molecule is CCCCCCCCN(CCCCCCCC)SSc1nc2ccccc2s1. The van der Waals surface area contributed by atoms with Crippen LogP contribution in [-0.4, -0.2) is 22.4 Å². The Kier molecular flexibility index (Phi) is 13.4. The highest BCUT2D eigenvalue weighted by Crippen LogP contribution is 2.38. The topological polar surface area (TPSA) is 16.1 Å². The van der Waals surface area contributed by atoms with Crippen molar-refractivity contribution in [3.8, 4) is 0 Å². The van der Waals surface area contributed by atoms with Gasteiger partial charge in [-0.25, -0.2) is 9.29 Å². The van der Waals surface area contributed by atoms with E-state index in [0.717, 1.165) is 5.52 Å². The first-order valence-electron chi connectivity index (χ1n) is 11.3. The fourth-order valence-electron chi connectivity index (χ4n) is 3.29. The third-order valence-electron chi connectivity index (χ3n) is 5.01. The first-order chi connectivity index (χ1) is 13.8. The summed E-state index contributed by atoms with van der Waals surface area (Å²) in [7, 11) is 3.77. The monoisotopic (exact) mass is 438 g/mol. The molecule has 2 rings (SSSR count). The van der Waals surface area contributed by atoms with Crippen molar-refractivity contribution < 1.29 is 0 Å². The maximum absolute atomic E-state index is 4.78. The van der Waals surface area contributed by atoms with Crippen LogP contribution in [0.15, 0.2) is 28.6 Å². The second-order valence-electron chi connectivity index (χ2n) is 7.57. The van der Waals surface area contributed by atoms with Crippen LogP contribution in [-0.2, 0) is 0 Å². The maximum atomic E-state index is 4.78. The molecule has 0 spiro atoms. The minimum atomic E-state index is 1.13. The molecule has 1 aromatic heterocycles. The number of aromatic nitrogens is 1. The van der Waals surface area contributed by atoms with Gasteiger partial charge < -0.3 is 0 Å². The van der Waals surface area contributed by atoms with Gasteiger partial charge in [-0.15, -0.1) is 11.3 Å². The summed E-state index contributed by atoms with van der Waals surface area (Å²) in [4.78, 5) is 4.78. The van der Waals surface area contributed by atoms with Crippen LogP contribution in [0.4, 0.5) is 0 Å². The van der Waals surface area contributed by atoms with E-state index in [9.17, 15) is 0 Å². The summed E-state index contributed by atoms with van der Waals surface area (Å²) in [6, 6.07) is 8.47. The van der Waals surface area contributed by atoms with E-state index in [2.05, 4.69) is 42.4 Å². The molecule has 1 heterocycles. The Balaban J connectivity index is 1.73. The normalized spacial score (nSPS) is 11.7. The van der Waals surface area contributed by atoms with E-state index in [0.29, 0.717) is 0 Å². The number of hydrogen-bond donors (Lipinski definition) is 0. The molecule has 0 fully saturated rings. The van der Waals surface area contributed by atoms with Gasteiger partial charge in [-0.05, 0) is 46.7 Å². The van der Waals surface area contributed by atoms with Crippen LogP contribution in [0.3, 0.4) is 0 Å². The maximum Gasteiger partial charge on any atom is 0.162 e. The number of hydrogen-bond acceptors (Lipinski definition) is 5. The molecule has 0 N–H and O–H groups in total. The van der Waals surface area contributed by atoms with Gasteiger partial charge in [0.1, 0.15) is 0 Å². The number of para-hydroxylation sites is 1. The Morgan fingerprint density at radius 1 is 0.786 bits per heavy atom. The molecule has 0 bridgehead atoms. The van der Waals surface area contributed by atoms with Crippen LogP contribution in [0.5, 0.6) is 0 Å². The van der Waals surface area contributed by atoms with Crippen molar-refractivity contribution in [2.45, 2.75) is 95.2 Å². The highest BCUT2D eigenvalue weighted by atomic mass is 33.1. The minimum Gasteiger partial charge on any atom is -0.241 e. The lowest BCUT2D eigenvalue weighted by Crippen LogP contribution is -2.17. The zero-order valence-electron chi connectivity index (χ0n) is 17.8. The molecule has 0 aliphatic carbocycles. The van der Waals surface area contributed by atoms with Gasteiger partial charge in [0, 0.05) is 13.1 Å². The van der Waals surface area contributed by atoms with Crippen LogP contribution < -0.4 is 0 Å². The summed E-state index contributed by atoms with van der Waals surface area (Å²) < 4.78 is 5.07. The van der Waals surface area contributed by atoms with Gasteiger partial charge in [-0.3, -0.25) is 0 Å². The van der Waals surface area contributed by atoms with Gasteiger partial charge >= 0.3 is 0 Å². The minimum absolute atomic E-state index is 1.13. The Bertz CT molecular complexity index is 580. The highest BCUT2D eigenvalue weighted by Gasteiger charge is 2.10. The van der Waals surface area contributed by atoms with Crippen molar-refractivity contribution in [1.82, 2.24) is 9.29 Å². The molecule has 0 atom stereocenters. The molecule has 2 aromatic rings. The molecule has 5 heteroatoms. The van der Waals surface area contributed by atoms with Gasteiger partial charge in [0.2, 0.25) is 0 Å². The number of rotatable bonds is 17. The molecule has 1 aromatic carbocycles. The van der Waals surface area contributed by atoms with Gasteiger partial charge in [0.15, 0.2) is 4.34 Å². The molecule has 0 radical (unpaired) electrons.